The predicted molar refractivity (Wildman–Crippen MR) is 132 cm³/mol. The first-order valence-corrected chi connectivity index (χ1v) is 13.5. The summed E-state index contributed by atoms with van der Waals surface area (Å²) in [7, 11) is -3.70. The number of rotatable bonds is 5. The molecular weight excluding hydrogens is 466 g/mol. The van der Waals surface area contributed by atoms with E-state index in [9.17, 15) is 18.0 Å². The first-order chi connectivity index (χ1) is 16.7. The van der Waals surface area contributed by atoms with Gasteiger partial charge in [0, 0.05) is 18.8 Å². The molecule has 1 fully saturated rings. The van der Waals surface area contributed by atoms with Crippen LogP contribution >= 0.6 is 0 Å². The van der Waals surface area contributed by atoms with E-state index in [2.05, 4.69) is 17.4 Å². The lowest BCUT2D eigenvalue weighted by molar-refractivity contribution is -0.126. The molecule has 1 atom stereocenters. The highest BCUT2D eigenvalue weighted by Gasteiger charge is 2.45. The maximum absolute atomic E-state index is 13.3. The normalized spacial score (nSPS) is 21.9. The first kappa shape index (κ1) is 24.0. The Kier molecular flexibility index (Phi) is 6.19. The van der Waals surface area contributed by atoms with Crippen LogP contribution < -0.4 is 10.2 Å². The van der Waals surface area contributed by atoms with Crippen molar-refractivity contribution >= 4 is 27.5 Å². The summed E-state index contributed by atoms with van der Waals surface area (Å²) in [4.78, 5) is 28.0. The number of nitrogens with one attached hydrogen (secondary N) is 1. The largest absolute Gasteiger partial charge is 0.379 e. The van der Waals surface area contributed by atoms with Gasteiger partial charge < -0.3 is 15.0 Å². The summed E-state index contributed by atoms with van der Waals surface area (Å²) in [6, 6.07) is 12.8. The van der Waals surface area contributed by atoms with E-state index in [1.54, 1.807) is 26.0 Å². The van der Waals surface area contributed by atoms with E-state index >= 15 is 0 Å². The fourth-order valence-corrected chi connectivity index (χ4v) is 6.79. The number of amides is 2. The number of hydrogen-bond acceptors (Lipinski definition) is 5. The van der Waals surface area contributed by atoms with Crippen LogP contribution in [0.3, 0.4) is 0 Å². The lowest BCUT2D eigenvalue weighted by atomic mass is 9.86. The molecule has 35 heavy (non-hydrogen) atoms. The molecule has 8 nitrogen and oxygen atoms in total. The summed E-state index contributed by atoms with van der Waals surface area (Å²) < 4.78 is 33.0. The summed E-state index contributed by atoms with van der Waals surface area (Å²) in [6.45, 7) is 4.77. The minimum atomic E-state index is -3.70. The zero-order valence-corrected chi connectivity index (χ0v) is 20.9. The van der Waals surface area contributed by atoms with Gasteiger partial charge in [0.05, 0.1) is 29.6 Å². The molecule has 1 unspecified atom stereocenters. The lowest BCUT2D eigenvalue weighted by Gasteiger charge is -2.27. The fourth-order valence-electron chi connectivity index (χ4n) is 5.35. The van der Waals surface area contributed by atoms with Gasteiger partial charge in [0.1, 0.15) is 6.54 Å². The summed E-state index contributed by atoms with van der Waals surface area (Å²) in [6.07, 6.45) is 2.87. The minimum Gasteiger partial charge on any atom is -0.379 e. The standard InChI is InChI=1S/C26H31N3O5S/c1-26(2)21-16-19(35(32,33)28-12-14-34-15-13-28)10-11-23(21)29(25(26)31)17-24(30)27-22-9-5-7-18-6-3-4-8-20(18)22/h3-4,6,8,10-11,16,22H,5,7,9,12-15,17H2,1-2H3,(H,27,30). The average molecular weight is 498 g/mol. The van der Waals surface area contributed by atoms with Gasteiger partial charge in [0.25, 0.3) is 0 Å². The molecule has 0 radical (unpaired) electrons. The van der Waals surface area contributed by atoms with Crippen molar-refractivity contribution in [2.24, 2.45) is 0 Å². The molecule has 2 aliphatic heterocycles. The third-order valence-corrected chi connectivity index (χ3v) is 9.22. The van der Waals surface area contributed by atoms with Gasteiger partial charge in [-0.2, -0.15) is 4.31 Å². The van der Waals surface area contributed by atoms with Crippen LogP contribution in [-0.4, -0.2) is 57.4 Å². The number of carbonyl (C=O) groups excluding carboxylic acids is 2. The molecule has 5 rings (SSSR count). The van der Waals surface area contributed by atoms with E-state index in [1.807, 2.05) is 12.1 Å². The molecule has 1 N–H and O–H groups in total. The highest BCUT2D eigenvalue weighted by molar-refractivity contribution is 7.89. The second-order valence-electron chi connectivity index (χ2n) is 9.92. The fraction of sp³-hybridized carbons (Fsp3) is 0.462. The summed E-state index contributed by atoms with van der Waals surface area (Å²) in [5, 5.41) is 3.11. The average Bonchev–Trinajstić information content (AvgIpc) is 3.05. The van der Waals surface area contributed by atoms with Gasteiger partial charge in [-0.3, -0.25) is 9.59 Å². The van der Waals surface area contributed by atoms with Gasteiger partial charge >= 0.3 is 0 Å². The van der Waals surface area contributed by atoms with E-state index < -0.39 is 15.4 Å². The van der Waals surface area contributed by atoms with Crippen molar-refractivity contribution < 1.29 is 22.7 Å². The SMILES string of the molecule is CC1(C)C(=O)N(CC(=O)NC2CCCc3ccccc32)c2ccc(S(=O)(=O)N3CCOCC3)cc21. The Morgan fingerprint density at radius 1 is 1.14 bits per heavy atom. The molecule has 1 saturated heterocycles. The quantitative estimate of drug-likeness (QED) is 0.685. The van der Waals surface area contributed by atoms with E-state index in [4.69, 9.17) is 4.74 Å². The second-order valence-corrected chi connectivity index (χ2v) is 11.9. The molecule has 3 aliphatic rings. The van der Waals surface area contributed by atoms with E-state index in [-0.39, 0.29) is 29.3 Å². The smallest absolute Gasteiger partial charge is 0.243 e. The van der Waals surface area contributed by atoms with Gasteiger partial charge in [-0.25, -0.2) is 8.42 Å². The van der Waals surface area contributed by atoms with E-state index in [1.165, 1.54) is 20.8 Å². The van der Waals surface area contributed by atoms with Crippen LogP contribution in [-0.2, 0) is 36.2 Å². The molecule has 2 aromatic carbocycles. The van der Waals surface area contributed by atoms with Crippen molar-refractivity contribution in [2.75, 3.05) is 37.7 Å². The molecule has 1 aliphatic carbocycles. The number of hydrogen-bond donors (Lipinski definition) is 1. The lowest BCUT2D eigenvalue weighted by Crippen LogP contribution is -2.44. The van der Waals surface area contributed by atoms with Gasteiger partial charge in [0.15, 0.2) is 0 Å². The zero-order chi connectivity index (χ0) is 24.8. The number of sulfonamides is 1. The Balaban J connectivity index is 1.38. The van der Waals surface area contributed by atoms with Gasteiger partial charge in [-0.05, 0) is 68.0 Å². The van der Waals surface area contributed by atoms with Gasteiger partial charge in [-0.15, -0.1) is 0 Å². The third-order valence-electron chi connectivity index (χ3n) is 7.33. The predicted octanol–water partition coefficient (Wildman–Crippen LogP) is 2.53. The van der Waals surface area contributed by atoms with Crippen LogP contribution in [0.1, 0.15) is 49.4 Å². The molecule has 0 bridgehead atoms. The Bertz CT molecular complexity index is 1270. The molecule has 186 valence electrons. The molecule has 0 aromatic heterocycles. The number of carbonyl (C=O) groups is 2. The van der Waals surface area contributed by atoms with Crippen LogP contribution in [0, 0.1) is 0 Å². The van der Waals surface area contributed by atoms with Gasteiger partial charge in [-0.1, -0.05) is 24.3 Å². The van der Waals surface area contributed by atoms with E-state index in [0.717, 1.165) is 24.8 Å². The Morgan fingerprint density at radius 3 is 2.66 bits per heavy atom. The van der Waals surface area contributed by atoms with E-state index in [0.29, 0.717) is 37.6 Å². The summed E-state index contributed by atoms with van der Waals surface area (Å²) >= 11 is 0. The van der Waals surface area contributed by atoms with Gasteiger partial charge in [0.2, 0.25) is 21.8 Å². The van der Waals surface area contributed by atoms with Crippen LogP contribution in [0.2, 0.25) is 0 Å². The van der Waals surface area contributed by atoms with Crippen molar-refractivity contribution in [3.05, 3.63) is 59.2 Å². The van der Waals surface area contributed by atoms with Crippen LogP contribution in [0.15, 0.2) is 47.4 Å². The van der Waals surface area contributed by atoms with Crippen molar-refractivity contribution in [1.82, 2.24) is 9.62 Å². The minimum absolute atomic E-state index is 0.0707. The molecule has 9 heteroatoms. The number of anilines is 1. The van der Waals surface area contributed by atoms with Crippen LogP contribution in [0.25, 0.3) is 0 Å². The number of morpholine rings is 1. The number of benzene rings is 2. The monoisotopic (exact) mass is 497 g/mol. The number of aryl methyl sites for hydroxylation is 1. The number of fused-ring (bicyclic) bond motifs is 2. The van der Waals surface area contributed by atoms with Crippen molar-refractivity contribution in [2.45, 2.75) is 49.5 Å². The second kappa shape index (κ2) is 9.04. The van der Waals surface area contributed by atoms with Crippen molar-refractivity contribution in [1.29, 1.82) is 0 Å². The van der Waals surface area contributed by atoms with Crippen molar-refractivity contribution in [3.8, 4) is 0 Å². The number of ether oxygens (including phenoxy) is 1. The first-order valence-electron chi connectivity index (χ1n) is 12.1. The highest BCUT2D eigenvalue weighted by atomic mass is 32.2. The van der Waals surface area contributed by atoms with Crippen LogP contribution in [0.4, 0.5) is 5.69 Å². The summed E-state index contributed by atoms with van der Waals surface area (Å²) in [5.74, 6) is -0.443. The maximum atomic E-state index is 13.3. The number of nitrogens with zero attached hydrogens (tertiary/aromatic N) is 2. The van der Waals surface area contributed by atoms with Crippen molar-refractivity contribution in [3.63, 3.8) is 0 Å². The molecule has 2 heterocycles. The topological polar surface area (TPSA) is 96.0 Å². The molecular formula is C26H31N3O5S. The molecule has 2 amide bonds. The molecule has 2 aromatic rings. The Morgan fingerprint density at radius 2 is 1.89 bits per heavy atom. The Labute approximate surface area is 206 Å². The summed E-state index contributed by atoms with van der Waals surface area (Å²) in [5.41, 5.74) is 2.65. The third kappa shape index (κ3) is 4.26. The highest BCUT2D eigenvalue weighted by Crippen LogP contribution is 2.43. The Hall–Kier alpha value is -2.75. The molecule has 0 spiro atoms. The zero-order valence-electron chi connectivity index (χ0n) is 20.1. The molecule has 0 saturated carbocycles. The van der Waals surface area contributed by atoms with Crippen LogP contribution in [0.5, 0.6) is 0 Å². The maximum Gasteiger partial charge on any atom is 0.243 e.